The number of nitrogens with one attached hydrogen (secondary N) is 2. The van der Waals surface area contributed by atoms with Crippen molar-refractivity contribution in [2.45, 2.75) is 26.8 Å². The van der Waals surface area contributed by atoms with Crippen LogP contribution in [0.4, 0.5) is 0 Å². The average molecular weight is 401 g/mol. The zero-order valence-electron chi connectivity index (χ0n) is 12.9. The van der Waals surface area contributed by atoms with Gasteiger partial charge in [-0.2, -0.15) is 0 Å². The molecule has 0 bridgehead atoms. The minimum absolute atomic E-state index is 0. The number of halogens is 1. The highest BCUT2D eigenvalue weighted by molar-refractivity contribution is 14.0. The second-order valence-corrected chi connectivity index (χ2v) is 4.68. The highest BCUT2D eigenvalue weighted by Gasteiger charge is 2.05. The van der Waals surface area contributed by atoms with Crippen molar-refractivity contribution >= 4 is 41.0 Å². The molecule has 0 saturated heterocycles. The lowest BCUT2D eigenvalue weighted by Gasteiger charge is -2.11. The Hall–Kier alpha value is -1.31. The van der Waals surface area contributed by atoms with Crippen LogP contribution < -0.4 is 10.6 Å². The lowest BCUT2D eigenvalue weighted by atomic mass is 10.3. The Balaban J connectivity index is 0.00000220. The van der Waals surface area contributed by atoms with E-state index >= 15 is 0 Å². The second kappa shape index (κ2) is 8.86. The number of aliphatic imine (C=N–C) groups is 1. The number of fused-ring (bicyclic) bond motifs is 1. The van der Waals surface area contributed by atoms with Gasteiger partial charge in [-0.3, -0.25) is 4.99 Å². The van der Waals surface area contributed by atoms with E-state index in [1.165, 1.54) is 5.52 Å². The molecule has 1 aromatic carbocycles. The van der Waals surface area contributed by atoms with Crippen LogP contribution in [0.1, 0.15) is 19.2 Å². The van der Waals surface area contributed by atoms with E-state index in [0.29, 0.717) is 0 Å². The van der Waals surface area contributed by atoms with Crippen molar-refractivity contribution in [1.29, 1.82) is 0 Å². The second-order valence-electron chi connectivity index (χ2n) is 4.68. The fourth-order valence-electron chi connectivity index (χ4n) is 2.31. The summed E-state index contributed by atoms with van der Waals surface area (Å²) in [4.78, 5) is 8.73. The molecule has 2 N–H and O–H groups in total. The number of nitrogens with zero attached hydrogens (tertiary/aromatic N) is 3. The molecule has 2 rings (SSSR count). The van der Waals surface area contributed by atoms with Gasteiger partial charge in [-0.25, -0.2) is 4.98 Å². The molecule has 0 fully saturated rings. The van der Waals surface area contributed by atoms with Gasteiger partial charge in [0.2, 0.25) is 0 Å². The Labute approximate surface area is 143 Å². The van der Waals surface area contributed by atoms with E-state index in [2.05, 4.69) is 57.2 Å². The van der Waals surface area contributed by atoms with Crippen molar-refractivity contribution in [2.24, 2.45) is 4.99 Å². The molecule has 0 atom stereocenters. The van der Waals surface area contributed by atoms with Gasteiger partial charge in [0.15, 0.2) is 5.96 Å². The third kappa shape index (κ3) is 4.59. The van der Waals surface area contributed by atoms with E-state index in [1.807, 2.05) is 6.07 Å². The number of hydrogen-bond acceptors (Lipinski definition) is 2. The number of guanidine groups is 1. The maximum absolute atomic E-state index is 4.58. The van der Waals surface area contributed by atoms with E-state index in [4.69, 9.17) is 0 Å². The van der Waals surface area contributed by atoms with Gasteiger partial charge in [0.05, 0.1) is 11.0 Å². The average Bonchev–Trinajstić information content (AvgIpc) is 2.78. The number of imidazole rings is 1. The largest absolute Gasteiger partial charge is 0.357 e. The maximum Gasteiger partial charge on any atom is 0.190 e. The summed E-state index contributed by atoms with van der Waals surface area (Å²) >= 11 is 0. The van der Waals surface area contributed by atoms with Crippen LogP contribution in [-0.2, 0) is 6.54 Å². The fourth-order valence-corrected chi connectivity index (χ4v) is 2.31. The standard InChI is InChI=1S/C15H23N5.HI/c1-4-17-15(16-3)18-10-7-11-20-12(2)19-13-8-5-6-9-14(13)20;/h5-6,8-9H,4,7,10-11H2,1-3H3,(H2,16,17,18);1H. The van der Waals surface area contributed by atoms with E-state index in [1.54, 1.807) is 7.05 Å². The van der Waals surface area contributed by atoms with Gasteiger partial charge in [-0.1, -0.05) is 12.1 Å². The van der Waals surface area contributed by atoms with Gasteiger partial charge >= 0.3 is 0 Å². The summed E-state index contributed by atoms with van der Waals surface area (Å²) < 4.78 is 2.27. The predicted molar refractivity (Wildman–Crippen MR) is 99.5 cm³/mol. The Morgan fingerprint density at radius 3 is 2.76 bits per heavy atom. The molecule has 0 aliphatic rings. The molecule has 0 unspecified atom stereocenters. The van der Waals surface area contributed by atoms with Crippen LogP contribution in [0.25, 0.3) is 11.0 Å². The molecule has 6 heteroatoms. The third-order valence-corrected chi connectivity index (χ3v) is 3.26. The number of aryl methyl sites for hydroxylation is 2. The number of aromatic nitrogens is 2. The number of rotatable bonds is 5. The van der Waals surface area contributed by atoms with E-state index in [-0.39, 0.29) is 24.0 Å². The minimum Gasteiger partial charge on any atom is -0.357 e. The van der Waals surface area contributed by atoms with Crippen LogP contribution in [0.5, 0.6) is 0 Å². The normalized spacial score (nSPS) is 11.3. The van der Waals surface area contributed by atoms with Gasteiger partial charge in [0.25, 0.3) is 0 Å². The van der Waals surface area contributed by atoms with Crippen LogP contribution in [0.2, 0.25) is 0 Å². The van der Waals surface area contributed by atoms with Crippen LogP contribution in [0.3, 0.4) is 0 Å². The van der Waals surface area contributed by atoms with Crippen LogP contribution in [-0.4, -0.2) is 35.6 Å². The highest BCUT2D eigenvalue weighted by atomic mass is 127. The quantitative estimate of drug-likeness (QED) is 0.351. The predicted octanol–water partition coefficient (Wildman–Crippen LogP) is 2.54. The highest BCUT2D eigenvalue weighted by Crippen LogP contribution is 2.15. The van der Waals surface area contributed by atoms with Gasteiger partial charge in [0, 0.05) is 26.7 Å². The van der Waals surface area contributed by atoms with Crippen LogP contribution in [0, 0.1) is 6.92 Å². The van der Waals surface area contributed by atoms with Crippen molar-refractivity contribution in [3.05, 3.63) is 30.1 Å². The fraction of sp³-hybridized carbons (Fsp3) is 0.467. The molecule has 5 nitrogen and oxygen atoms in total. The molecule has 0 aliphatic carbocycles. The molecule has 0 amide bonds. The molecule has 0 spiro atoms. The van der Waals surface area contributed by atoms with Crippen molar-refractivity contribution in [2.75, 3.05) is 20.1 Å². The molecule has 2 aromatic rings. The maximum atomic E-state index is 4.58. The first-order chi connectivity index (χ1) is 9.76. The van der Waals surface area contributed by atoms with Crippen molar-refractivity contribution in [1.82, 2.24) is 20.2 Å². The summed E-state index contributed by atoms with van der Waals surface area (Å²) in [5.74, 6) is 1.93. The van der Waals surface area contributed by atoms with Crippen molar-refractivity contribution in [3.8, 4) is 0 Å². The van der Waals surface area contributed by atoms with Gasteiger partial charge in [-0.05, 0) is 32.4 Å². The lowest BCUT2D eigenvalue weighted by molar-refractivity contribution is 0.625. The summed E-state index contributed by atoms with van der Waals surface area (Å²) in [7, 11) is 1.79. The Morgan fingerprint density at radius 2 is 2.05 bits per heavy atom. The lowest BCUT2D eigenvalue weighted by Crippen LogP contribution is -2.37. The summed E-state index contributed by atoms with van der Waals surface area (Å²) in [6, 6.07) is 8.27. The van der Waals surface area contributed by atoms with Gasteiger partial charge < -0.3 is 15.2 Å². The number of benzene rings is 1. The summed E-state index contributed by atoms with van der Waals surface area (Å²) in [6.07, 6.45) is 1.03. The first-order valence-corrected chi connectivity index (χ1v) is 7.12. The van der Waals surface area contributed by atoms with Gasteiger partial charge in [0.1, 0.15) is 5.82 Å². The summed E-state index contributed by atoms with van der Waals surface area (Å²) in [5, 5.41) is 6.49. The van der Waals surface area contributed by atoms with Crippen molar-refractivity contribution in [3.63, 3.8) is 0 Å². The zero-order chi connectivity index (χ0) is 14.4. The van der Waals surface area contributed by atoms with Crippen molar-refractivity contribution < 1.29 is 0 Å². The molecule has 116 valence electrons. The molecule has 0 radical (unpaired) electrons. The van der Waals surface area contributed by atoms with E-state index < -0.39 is 0 Å². The minimum atomic E-state index is 0. The Bertz CT molecular complexity index is 591. The molecule has 21 heavy (non-hydrogen) atoms. The van der Waals surface area contributed by atoms with E-state index in [0.717, 1.165) is 43.4 Å². The number of para-hydroxylation sites is 2. The first-order valence-electron chi connectivity index (χ1n) is 7.12. The summed E-state index contributed by atoms with van der Waals surface area (Å²) in [5.41, 5.74) is 2.28. The number of hydrogen-bond donors (Lipinski definition) is 2. The molecule has 0 saturated carbocycles. The van der Waals surface area contributed by atoms with E-state index in [9.17, 15) is 0 Å². The molecule has 0 aliphatic heterocycles. The smallest absolute Gasteiger partial charge is 0.190 e. The summed E-state index contributed by atoms with van der Waals surface area (Å²) in [6.45, 7) is 6.86. The topological polar surface area (TPSA) is 54.2 Å². The Morgan fingerprint density at radius 1 is 1.29 bits per heavy atom. The monoisotopic (exact) mass is 401 g/mol. The molecule has 1 heterocycles. The third-order valence-electron chi connectivity index (χ3n) is 3.26. The molecular formula is C15H24IN5. The first kappa shape index (κ1) is 17.7. The molecular weight excluding hydrogens is 377 g/mol. The molecule has 1 aromatic heterocycles. The SMILES string of the molecule is CCNC(=NC)NCCCn1c(C)nc2ccccc21.I. The zero-order valence-corrected chi connectivity index (χ0v) is 15.2. The Kier molecular flexibility index (Phi) is 7.49. The van der Waals surface area contributed by atoms with Crippen LogP contribution >= 0.6 is 24.0 Å². The van der Waals surface area contributed by atoms with Gasteiger partial charge in [-0.15, -0.1) is 24.0 Å². The van der Waals surface area contributed by atoms with Crippen LogP contribution in [0.15, 0.2) is 29.3 Å².